The molecule has 0 fully saturated rings. The molecule has 0 radical (unpaired) electrons. The molecule has 3 heteroatoms. The molecule has 0 aliphatic rings. The maximum absolute atomic E-state index is 11.2. The molecule has 13 heavy (non-hydrogen) atoms. The fraction of sp³-hybridized carbons (Fsp3) is 0.300. The maximum Gasteiger partial charge on any atom is 0.163 e. The van der Waals surface area contributed by atoms with E-state index in [1.165, 1.54) is 6.92 Å². The predicted octanol–water partition coefficient (Wildman–Crippen LogP) is 2.94. The van der Waals surface area contributed by atoms with E-state index in [0.717, 1.165) is 0 Å². The lowest BCUT2D eigenvalue weighted by Gasteiger charge is -2.07. The molecule has 0 saturated heterocycles. The highest BCUT2D eigenvalue weighted by molar-refractivity contribution is 6.31. The van der Waals surface area contributed by atoms with Gasteiger partial charge in [-0.05, 0) is 32.0 Å². The van der Waals surface area contributed by atoms with Crippen molar-refractivity contribution in [2.45, 2.75) is 13.8 Å². The van der Waals surface area contributed by atoms with Crippen LogP contribution in [0.25, 0.3) is 0 Å². The van der Waals surface area contributed by atoms with Crippen molar-refractivity contribution in [1.29, 1.82) is 0 Å². The van der Waals surface area contributed by atoms with E-state index in [2.05, 4.69) is 0 Å². The molecule has 0 N–H and O–H groups in total. The molecule has 0 bridgehead atoms. The smallest absolute Gasteiger partial charge is 0.163 e. The van der Waals surface area contributed by atoms with Crippen LogP contribution >= 0.6 is 11.6 Å². The van der Waals surface area contributed by atoms with Gasteiger partial charge in [0.05, 0.1) is 12.2 Å². The number of halogens is 1. The lowest BCUT2D eigenvalue weighted by atomic mass is 10.1. The zero-order chi connectivity index (χ0) is 9.84. The van der Waals surface area contributed by atoms with Crippen LogP contribution in [0.1, 0.15) is 24.2 Å². The molecule has 0 heterocycles. The molecule has 0 aromatic heterocycles. The van der Waals surface area contributed by atoms with Crippen LogP contribution < -0.4 is 4.74 Å². The van der Waals surface area contributed by atoms with Crippen LogP contribution in [-0.2, 0) is 0 Å². The Kier molecular flexibility index (Phi) is 3.32. The molecule has 1 rings (SSSR count). The highest BCUT2D eigenvalue weighted by atomic mass is 35.5. The fourth-order valence-electron chi connectivity index (χ4n) is 1.06. The van der Waals surface area contributed by atoms with Crippen LogP contribution in [-0.4, -0.2) is 12.4 Å². The zero-order valence-electron chi connectivity index (χ0n) is 7.63. The van der Waals surface area contributed by atoms with E-state index in [1.807, 2.05) is 6.92 Å². The first-order valence-electron chi connectivity index (χ1n) is 4.08. The number of Topliss-reactive ketones (excluding diaryl/α,β-unsaturated/α-hetero) is 1. The van der Waals surface area contributed by atoms with Crippen LogP contribution in [0.5, 0.6) is 5.75 Å². The summed E-state index contributed by atoms with van der Waals surface area (Å²) in [6.07, 6.45) is 0. The molecule has 0 spiro atoms. The molecule has 1 aromatic rings. The number of hydrogen-bond donors (Lipinski definition) is 0. The van der Waals surface area contributed by atoms with Crippen LogP contribution in [0.4, 0.5) is 0 Å². The van der Waals surface area contributed by atoms with Crippen molar-refractivity contribution in [2.24, 2.45) is 0 Å². The average molecular weight is 199 g/mol. The third-order valence-corrected chi connectivity index (χ3v) is 1.86. The minimum absolute atomic E-state index is 0.0362. The maximum atomic E-state index is 11.2. The lowest BCUT2D eigenvalue weighted by Crippen LogP contribution is -2.00. The summed E-state index contributed by atoms with van der Waals surface area (Å²) < 4.78 is 5.27. The quantitative estimate of drug-likeness (QED) is 0.698. The van der Waals surface area contributed by atoms with Gasteiger partial charge in [0.15, 0.2) is 5.78 Å². The Hall–Kier alpha value is -1.02. The summed E-state index contributed by atoms with van der Waals surface area (Å²) in [4.78, 5) is 11.2. The number of rotatable bonds is 3. The first-order chi connectivity index (χ1) is 6.15. The van der Waals surface area contributed by atoms with Gasteiger partial charge >= 0.3 is 0 Å². The van der Waals surface area contributed by atoms with Gasteiger partial charge in [-0.1, -0.05) is 11.6 Å². The second-order valence-electron chi connectivity index (χ2n) is 2.63. The molecule has 70 valence electrons. The molecular formula is C10H11ClO2. The molecule has 0 aliphatic heterocycles. The molecule has 0 unspecified atom stereocenters. The van der Waals surface area contributed by atoms with Crippen molar-refractivity contribution >= 4 is 17.4 Å². The molecule has 0 amide bonds. The van der Waals surface area contributed by atoms with E-state index in [4.69, 9.17) is 16.3 Å². The highest BCUT2D eigenvalue weighted by Gasteiger charge is 2.08. The van der Waals surface area contributed by atoms with Gasteiger partial charge in [-0.25, -0.2) is 0 Å². The SMILES string of the molecule is CCOc1ccc(Cl)cc1C(C)=O. The number of ether oxygens (including phenoxy) is 1. The Labute approximate surface area is 82.5 Å². The number of carbonyl (C=O) groups excluding carboxylic acids is 1. The number of carbonyl (C=O) groups is 1. The van der Waals surface area contributed by atoms with E-state index in [1.54, 1.807) is 18.2 Å². The normalized spacial score (nSPS) is 9.77. The van der Waals surface area contributed by atoms with Crippen LogP contribution in [0.2, 0.25) is 5.02 Å². The molecule has 0 aliphatic carbocycles. The summed E-state index contributed by atoms with van der Waals surface area (Å²) in [6.45, 7) is 3.91. The van der Waals surface area contributed by atoms with Crippen molar-refractivity contribution < 1.29 is 9.53 Å². The van der Waals surface area contributed by atoms with E-state index >= 15 is 0 Å². The van der Waals surface area contributed by atoms with Gasteiger partial charge in [0, 0.05) is 5.02 Å². The topological polar surface area (TPSA) is 26.3 Å². The van der Waals surface area contributed by atoms with E-state index in [9.17, 15) is 4.79 Å². The lowest BCUT2D eigenvalue weighted by molar-refractivity contribution is 0.101. The van der Waals surface area contributed by atoms with E-state index < -0.39 is 0 Å². The van der Waals surface area contributed by atoms with Gasteiger partial charge < -0.3 is 4.74 Å². The summed E-state index contributed by atoms with van der Waals surface area (Å²) >= 11 is 5.75. The second-order valence-corrected chi connectivity index (χ2v) is 3.07. The third kappa shape index (κ3) is 2.46. The molecule has 2 nitrogen and oxygen atoms in total. The highest BCUT2D eigenvalue weighted by Crippen LogP contribution is 2.23. The zero-order valence-corrected chi connectivity index (χ0v) is 8.39. The van der Waals surface area contributed by atoms with E-state index in [0.29, 0.717) is 22.9 Å². The summed E-state index contributed by atoms with van der Waals surface area (Å²) in [5.74, 6) is 0.561. The Morgan fingerprint density at radius 1 is 1.54 bits per heavy atom. The minimum Gasteiger partial charge on any atom is -0.493 e. The Balaban J connectivity index is 3.10. The van der Waals surface area contributed by atoms with Crippen molar-refractivity contribution in [3.8, 4) is 5.75 Å². The summed E-state index contributed by atoms with van der Waals surface area (Å²) in [5.41, 5.74) is 0.536. The van der Waals surface area contributed by atoms with E-state index in [-0.39, 0.29) is 5.78 Å². The number of benzene rings is 1. The monoisotopic (exact) mass is 198 g/mol. The first-order valence-corrected chi connectivity index (χ1v) is 4.46. The Morgan fingerprint density at radius 2 is 2.23 bits per heavy atom. The standard InChI is InChI=1S/C10H11ClO2/c1-3-13-10-5-4-8(11)6-9(10)7(2)12/h4-6H,3H2,1-2H3. The van der Waals surface area contributed by atoms with Gasteiger partial charge in [0.25, 0.3) is 0 Å². The van der Waals surface area contributed by atoms with Crippen LogP contribution in [0.15, 0.2) is 18.2 Å². The van der Waals surface area contributed by atoms with Gasteiger partial charge in [0.1, 0.15) is 5.75 Å². The molecule has 0 atom stereocenters. The summed E-state index contributed by atoms with van der Waals surface area (Å²) in [6, 6.07) is 5.04. The Bertz CT molecular complexity index is 321. The van der Waals surface area contributed by atoms with Gasteiger partial charge in [-0.15, -0.1) is 0 Å². The fourth-order valence-corrected chi connectivity index (χ4v) is 1.23. The van der Waals surface area contributed by atoms with Crippen molar-refractivity contribution in [1.82, 2.24) is 0 Å². The molecule has 1 aromatic carbocycles. The number of ketones is 1. The summed E-state index contributed by atoms with van der Waals surface area (Å²) in [7, 11) is 0. The first kappa shape index (κ1) is 10.1. The van der Waals surface area contributed by atoms with Gasteiger partial charge in [-0.2, -0.15) is 0 Å². The molecular weight excluding hydrogens is 188 g/mol. The number of hydrogen-bond acceptors (Lipinski definition) is 2. The van der Waals surface area contributed by atoms with Crippen molar-refractivity contribution in [3.05, 3.63) is 28.8 Å². The summed E-state index contributed by atoms with van der Waals surface area (Å²) in [5, 5.41) is 0.550. The van der Waals surface area contributed by atoms with Gasteiger partial charge in [0.2, 0.25) is 0 Å². The van der Waals surface area contributed by atoms with Crippen molar-refractivity contribution in [2.75, 3.05) is 6.61 Å². The third-order valence-electron chi connectivity index (χ3n) is 1.62. The minimum atomic E-state index is -0.0362. The second kappa shape index (κ2) is 4.28. The van der Waals surface area contributed by atoms with Crippen LogP contribution in [0, 0.1) is 0 Å². The van der Waals surface area contributed by atoms with Crippen LogP contribution in [0.3, 0.4) is 0 Å². The van der Waals surface area contributed by atoms with Gasteiger partial charge in [-0.3, -0.25) is 4.79 Å². The average Bonchev–Trinajstić information content (AvgIpc) is 2.08. The molecule has 0 saturated carbocycles. The van der Waals surface area contributed by atoms with Crippen molar-refractivity contribution in [3.63, 3.8) is 0 Å². The largest absolute Gasteiger partial charge is 0.493 e. The Morgan fingerprint density at radius 3 is 2.77 bits per heavy atom. The predicted molar refractivity (Wildman–Crippen MR) is 52.6 cm³/mol.